The van der Waals surface area contributed by atoms with Crippen molar-refractivity contribution >= 4 is 5.97 Å². The van der Waals surface area contributed by atoms with E-state index in [0.717, 1.165) is 12.1 Å². The summed E-state index contributed by atoms with van der Waals surface area (Å²) in [6.45, 7) is 1.28. The standard InChI is InChI=1S/C17H15F3O6/c1-2-24-15(23)9-25-16-13(21)7-11(8-14(16)22)10-3-5-12(6-4-10)26-17(18,19)20/h3-8,21-22H,2,9H2,1H3. The van der Waals surface area contributed by atoms with Gasteiger partial charge < -0.3 is 24.4 Å². The Hall–Kier alpha value is -3.10. The summed E-state index contributed by atoms with van der Waals surface area (Å²) in [5.41, 5.74) is 0.740. The molecule has 26 heavy (non-hydrogen) atoms. The summed E-state index contributed by atoms with van der Waals surface area (Å²) < 4.78 is 49.9. The van der Waals surface area contributed by atoms with Crippen molar-refractivity contribution in [2.45, 2.75) is 13.3 Å². The SMILES string of the molecule is CCOC(=O)COc1c(O)cc(-c2ccc(OC(F)(F)F)cc2)cc1O. The van der Waals surface area contributed by atoms with Gasteiger partial charge in [0.05, 0.1) is 6.61 Å². The summed E-state index contributed by atoms with van der Waals surface area (Å²) in [6.07, 6.45) is -4.80. The summed E-state index contributed by atoms with van der Waals surface area (Å²) in [5, 5.41) is 19.9. The number of ether oxygens (including phenoxy) is 3. The number of carbonyl (C=O) groups is 1. The average molecular weight is 372 g/mol. The minimum Gasteiger partial charge on any atom is -0.504 e. The molecule has 0 aromatic heterocycles. The highest BCUT2D eigenvalue weighted by Gasteiger charge is 2.31. The maximum Gasteiger partial charge on any atom is 0.573 e. The first-order chi connectivity index (χ1) is 12.2. The molecule has 0 atom stereocenters. The molecule has 0 radical (unpaired) electrons. The van der Waals surface area contributed by atoms with Gasteiger partial charge in [0.25, 0.3) is 0 Å². The molecule has 0 heterocycles. The second-order valence-electron chi connectivity index (χ2n) is 5.01. The molecule has 2 rings (SSSR count). The van der Waals surface area contributed by atoms with E-state index in [4.69, 9.17) is 4.74 Å². The fraction of sp³-hybridized carbons (Fsp3) is 0.235. The molecule has 0 spiro atoms. The minimum absolute atomic E-state index is 0.160. The van der Waals surface area contributed by atoms with E-state index in [2.05, 4.69) is 9.47 Å². The number of carbonyl (C=O) groups excluding carboxylic acids is 1. The van der Waals surface area contributed by atoms with Crippen molar-refractivity contribution in [3.63, 3.8) is 0 Å². The fourth-order valence-corrected chi connectivity index (χ4v) is 2.10. The molecule has 2 aromatic rings. The number of alkyl halides is 3. The maximum atomic E-state index is 12.2. The Balaban J connectivity index is 2.17. The average Bonchev–Trinajstić information content (AvgIpc) is 2.53. The van der Waals surface area contributed by atoms with Crippen molar-refractivity contribution in [2.24, 2.45) is 0 Å². The number of phenolic OH excluding ortho intramolecular Hbond substituents is 2. The maximum absolute atomic E-state index is 12.2. The number of hydrogen-bond acceptors (Lipinski definition) is 6. The normalized spacial score (nSPS) is 11.1. The van der Waals surface area contributed by atoms with Gasteiger partial charge in [-0.3, -0.25) is 0 Å². The van der Waals surface area contributed by atoms with Gasteiger partial charge in [-0.25, -0.2) is 4.79 Å². The van der Waals surface area contributed by atoms with Gasteiger partial charge in [0.2, 0.25) is 5.75 Å². The Morgan fingerprint density at radius 2 is 1.62 bits per heavy atom. The van der Waals surface area contributed by atoms with Gasteiger partial charge in [0, 0.05) is 0 Å². The lowest BCUT2D eigenvalue weighted by Crippen LogP contribution is -2.16. The predicted octanol–water partition coefficient (Wildman–Crippen LogP) is 3.61. The van der Waals surface area contributed by atoms with E-state index in [0.29, 0.717) is 11.1 Å². The predicted molar refractivity (Wildman–Crippen MR) is 84.0 cm³/mol. The molecule has 6 nitrogen and oxygen atoms in total. The van der Waals surface area contributed by atoms with Crippen LogP contribution >= 0.6 is 0 Å². The van der Waals surface area contributed by atoms with Crippen molar-refractivity contribution in [3.8, 4) is 34.1 Å². The molecule has 9 heteroatoms. The van der Waals surface area contributed by atoms with Crippen LogP contribution in [-0.2, 0) is 9.53 Å². The third kappa shape index (κ3) is 5.20. The first-order valence-electron chi connectivity index (χ1n) is 7.40. The lowest BCUT2D eigenvalue weighted by Gasteiger charge is -2.12. The molecule has 2 aromatic carbocycles. The Kier molecular flexibility index (Phi) is 5.81. The molecule has 0 aliphatic rings. The number of rotatable bonds is 6. The molecule has 0 unspecified atom stereocenters. The third-order valence-electron chi connectivity index (χ3n) is 3.11. The molecule has 0 amide bonds. The lowest BCUT2D eigenvalue weighted by molar-refractivity contribution is -0.274. The topological polar surface area (TPSA) is 85.2 Å². The molecule has 0 aliphatic carbocycles. The lowest BCUT2D eigenvalue weighted by atomic mass is 10.0. The highest BCUT2D eigenvalue weighted by molar-refractivity contribution is 5.73. The Morgan fingerprint density at radius 1 is 1.04 bits per heavy atom. The Labute approximate surface area is 146 Å². The van der Waals surface area contributed by atoms with Crippen LogP contribution in [-0.4, -0.2) is 35.8 Å². The quantitative estimate of drug-likeness (QED) is 0.754. The van der Waals surface area contributed by atoms with Gasteiger partial charge in [0.15, 0.2) is 18.1 Å². The van der Waals surface area contributed by atoms with E-state index in [1.165, 1.54) is 24.3 Å². The number of benzene rings is 2. The number of phenols is 2. The highest BCUT2D eigenvalue weighted by atomic mass is 19.4. The van der Waals surface area contributed by atoms with Crippen molar-refractivity contribution < 1.29 is 42.4 Å². The van der Waals surface area contributed by atoms with Crippen LogP contribution in [0.2, 0.25) is 0 Å². The zero-order valence-electron chi connectivity index (χ0n) is 13.5. The van der Waals surface area contributed by atoms with Crippen LogP contribution in [0.4, 0.5) is 13.2 Å². The van der Waals surface area contributed by atoms with E-state index < -0.39 is 36.2 Å². The van der Waals surface area contributed by atoms with Crippen LogP contribution in [0.1, 0.15) is 6.92 Å². The first kappa shape index (κ1) is 19.2. The summed E-state index contributed by atoms with van der Waals surface area (Å²) in [7, 11) is 0. The van der Waals surface area contributed by atoms with Gasteiger partial charge in [0.1, 0.15) is 5.75 Å². The van der Waals surface area contributed by atoms with Crippen LogP contribution in [0.5, 0.6) is 23.0 Å². The molecule has 140 valence electrons. The van der Waals surface area contributed by atoms with Crippen molar-refractivity contribution in [2.75, 3.05) is 13.2 Å². The monoisotopic (exact) mass is 372 g/mol. The highest BCUT2D eigenvalue weighted by Crippen LogP contribution is 2.40. The minimum atomic E-state index is -4.80. The number of hydrogen-bond donors (Lipinski definition) is 2. The molecule has 0 saturated carbocycles. The van der Waals surface area contributed by atoms with E-state index >= 15 is 0 Å². The van der Waals surface area contributed by atoms with Crippen molar-refractivity contribution in [3.05, 3.63) is 36.4 Å². The molecule has 0 fully saturated rings. The smallest absolute Gasteiger partial charge is 0.504 e. The van der Waals surface area contributed by atoms with Gasteiger partial charge in [-0.1, -0.05) is 12.1 Å². The molecule has 0 saturated heterocycles. The van der Waals surface area contributed by atoms with E-state index in [-0.39, 0.29) is 12.4 Å². The van der Waals surface area contributed by atoms with Gasteiger partial charge in [-0.15, -0.1) is 13.2 Å². The summed E-state index contributed by atoms with van der Waals surface area (Å²) >= 11 is 0. The first-order valence-corrected chi connectivity index (χ1v) is 7.40. The molecule has 2 N–H and O–H groups in total. The fourth-order valence-electron chi connectivity index (χ4n) is 2.10. The van der Waals surface area contributed by atoms with Crippen molar-refractivity contribution in [1.82, 2.24) is 0 Å². The second-order valence-corrected chi connectivity index (χ2v) is 5.01. The van der Waals surface area contributed by atoms with Gasteiger partial charge >= 0.3 is 12.3 Å². The number of aromatic hydroxyl groups is 2. The zero-order chi connectivity index (χ0) is 19.3. The van der Waals surface area contributed by atoms with Crippen molar-refractivity contribution in [1.29, 1.82) is 0 Å². The molecular formula is C17H15F3O6. The van der Waals surface area contributed by atoms with Crippen LogP contribution in [0, 0.1) is 0 Å². The summed E-state index contributed by atoms with van der Waals surface area (Å²) in [6, 6.07) is 7.33. The van der Waals surface area contributed by atoms with E-state index in [1.54, 1.807) is 6.92 Å². The molecular weight excluding hydrogens is 357 g/mol. The van der Waals surface area contributed by atoms with Gasteiger partial charge in [-0.05, 0) is 42.3 Å². The Bertz CT molecular complexity index is 748. The molecule has 0 aliphatic heterocycles. The van der Waals surface area contributed by atoms with Crippen LogP contribution in [0.3, 0.4) is 0 Å². The van der Waals surface area contributed by atoms with Crippen LogP contribution < -0.4 is 9.47 Å². The summed E-state index contributed by atoms with van der Waals surface area (Å²) in [4.78, 5) is 11.3. The number of esters is 1. The Morgan fingerprint density at radius 3 is 2.12 bits per heavy atom. The third-order valence-corrected chi connectivity index (χ3v) is 3.11. The van der Waals surface area contributed by atoms with Gasteiger partial charge in [-0.2, -0.15) is 0 Å². The summed E-state index contributed by atoms with van der Waals surface area (Å²) in [5.74, 6) is -2.27. The number of halogens is 3. The van der Waals surface area contributed by atoms with E-state index in [1.807, 2.05) is 0 Å². The zero-order valence-corrected chi connectivity index (χ0v) is 13.5. The second kappa shape index (κ2) is 7.85. The van der Waals surface area contributed by atoms with E-state index in [9.17, 15) is 28.2 Å². The van der Waals surface area contributed by atoms with Crippen LogP contribution in [0.25, 0.3) is 11.1 Å². The van der Waals surface area contributed by atoms with Crippen LogP contribution in [0.15, 0.2) is 36.4 Å². The largest absolute Gasteiger partial charge is 0.573 e. The molecule has 0 bridgehead atoms.